The van der Waals surface area contributed by atoms with Crippen LogP contribution >= 0.6 is 0 Å². The maximum Gasteiger partial charge on any atom is 0.354 e. The highest BCUT2D eigenvalue weighted by Gasteiger charge is 2.31. The number of fused-ring (bicyclic) bond motifs is 1. The first-order chi connectivity index (χ1) is 16.8. The Morgan fingerprint density at radius 1 is 1.06 bits per heavy atom. The van der Waals surface area contributed by atoms with Crippen LogP contribution in [0.3, 0.4) is 0 Å². The van der Waals surface area contributed by atoms with Crippen LogP contribution in [0.1, 0.15) is 68.6 Å². The van der Waals surface area contributed by atoms with Crippen molar-refractivity contribution in [3.8, 4) is 5.69 Å². The second kappa shape index (κ2) is 9.57. The molecular weight excluding hydrogens is 445 g/mol. The molecule has 8 heteroatoms. The first-order valence-corrected chi connectivity index (χ1v) is 12.8. The largest absolute Gasteiger partial charge is 0.477 e. The van der Waals surface area contributed by atoms with Crippen LogP contribution in [0.4, 0.5) is 10.1 Å². The van der Waals surface area contributed by atoms with E-state index >= 15 is 0 Å². The lowest BCUT2D eigenvalue weighted by Crippen LogP contribution is -2.43. The molecule has 1 unspecified atom stereocenters. The van der Waals surface area contributed by atoms with E-state index in [1.165, 1.54) is 38.1 Å². The first-order valence-electron chi connectivity index (χ1n) is 12.8. The molecule has 1 aromatic carbocycles. The number of nitrogens with zero attached hydrogens (tertiary/aromatic N) is 5. The van der Waals surface area contributed by atoms with Crippen LogP contribution in [0.15, 0.2) is 30.3 Å². The van der Waals surface area contributed by atoms with Gasteiger partial charge in [-0.1, -0.05) is 13.8 Å². The molecule has 3 aromatic rings. The van der Waals surface area contributed by atoms with Gasteiger partial charge in [-0.3, -0.25) is 0 Å². The number of aromatic nitrogens is 3. The van der Waals surface area contributed by atoms with Gasteiger partial charge in [0, 0.05) is 19.1 Å². The summed E-state index contributed by atoms with van der Waals surface area (Å²) in [6, 6.07) is 8.34. The summed E-state index contributed by atoms with van der Waals surface area (Å²) in [7, 11) is 0. The number of rotatable bonds is 6. The lowest BCUT2D eigenvalue weighted by Gasteiger charge is -2.39. The fraction of sp³-hybridized carbons (Fsp3) is 0.519. The van der Waals surface area contributed by atoms with E-state index in [0.29, 0.717) is 23.3 Å². The number of carboxylic acids is 1. The summed E-state index contributed by atoms with van der Waals surface area (Å²) < 4.78 is 15.2. The van der Waals surface area contributed by atoms with Gasteiger partial charge in [0.25, 0.3) is 0 Å². The minimum absolute atomic E-state index is 0.00127. The van der Waals surface area contributed by atoms with Crippen molar-refractivity contribution in [2.75, 3.05) is 31.1 Å². The predicted octanol–water partition coefficient (Wildman–Crippen LogP) is 5.08. The summed E-state index contributed by atoms with van der Waals surface area (Å²) >= 11 is 0. The zero-order valence-electron chi connectivity index (χ0n) is 20.7. The van der Waals surface area contributed by atoms with Gasteiger partial charge in [-0.25, -0.2) is 18.9 Å². The van der Waals surface area contributed by atoms with Crippen LogP contribution in [0, 0.1) is 11.7 Å². The zero-order valence-corrected chi connectivity index (χ0v) is 20.7. The number of hydrogen-bond donors (Lipinski definition) is 1. The summed E-state index contributed by atoms with van der Waals surface area (Å²) in [6.45, 7) is 10.7. The average Bonchev–Trinajstić information content (AvgIpc) is 3.52. The van der Waals surface area contributed by atoms with Crippen molar-refractivity contribution in [2.24, 2.45) is 5.92 Å². The van der Waals surface area contributed by atoms with E-state index < -0.39 is 5.97 Å². The molecule has 35 heavy (non-hydrogen) atoms. The van der Waals surface area contributed by atoms with Crippen molar-refractivity contribution in [3.63, 3.8) is 0 Å². The maximum atomic E-state index is 13.6. The molecule has 2 aliphatic rings. The van der Waals surface area contributed by atoms with Crippen molar-refractivity contribution >= 4 is 22.7 Å². The van der Waals surface area contributed by atoms with Crippen molar-refractivity contribution in [2.45, 2.75) is 58.4 Å². The number of carboxylic acid groups (broad SMARTS) is 1. The van der Waals surface area contributed by atoms with Crippen LogP contribution < -0.4 is 4.90 Å². The standard InChI is InChI=1S/C27H34FN5O2/c1-17(2)25-24-23(32-14-10-19(11-15-32)18(3)31-12-4-5-13-31)16-22(27(34)35)29-26(24)33(30-25)21-8-6-20(28)7-9-21/h6-9,16-19H,4-5,10-15H2,1-3H3,(H,34,35). The summed E-state index contributed by atoms with van der Waals surface area (Å²) in [6.07, 6.45) is 4.75. The summed E-state index contributed by atoms with van der Waals surface area (Å²) in [5, 5.41) is 15.6. The molecule has 186 valence electrons. The Kier molecular flexibility index (Phi) is 6.49. The molecular formula is C27H34FN5O2. The molecule has 4 heterocycles. The van der Waals surface area contributed by atoms with E-state index in [4.69, 9.17) is 5.10 Å². The Morgan fingerprint density at radius 3 is 2.31 bits per heavy atom. The van der Waals surface area contributed by atoms with Crippen LogP contribution in [0.2, 0.25) is 0 Å². The number of hydrogen-bond acceptors (Lipinski definition) is 5. The molecule has 0 radical (unpaired) electrons. The number of benzene rings is 1. The number of aromatic carboxylic acids is 1. The molecule has 0 amide bonds. The highest BCUT2D eigenvalue weighted by atomic mass is 19.1. The lowest BCUT2D eigenvalue weighted by molar-refractivity contribution is 0.0691. The molecule has 2 aromatic heterocycles. The molecule has 5 rings (SSSR count). The van der Waals surface area contributed by atoms with Crippen molar-refractivity contribution in [1.82, 2.24) is 19.7 Å². The zero-order chi connectivity index (χ0) is 24.7. The topological polar surface area (TPSA) is 74.5 Å². The third-order valence-electron chi connectivity index (χ3n) is 7.76. The van der Waals surface area contributed by atoms with E-state index in [1.54, 1.807) is 22.9 Å². The van der Waals surface area contributed by atoms with E-state index in [1.807, 2.05) is 0 Å². The first kappa shape index (κ1) is 23.7. The summed E-state index contributed by atoms with van der Waals surface area (Å²) in [5.74, 6) is -0.640. The number of anilines is 1. The van der Waals surface area contributed by atoms with Crippen LogP contribution in [-0.2, 0) is 0 Å². The van der Waals surface area contributed by atoms with Crippen LogP contribution in [0.25, 0.3) is 16.7 Å². The second-order valence-corrected chi connectivity index (χ2v) is 10.3. The number of carbonyl (C=O) groups is 1. The Morgan fingerprint density at radius 2 is 1.71 bits per heavy atom. The van der Waals surface area contributed by atoms with Crippen LogP contribution in [-0.4, -0.2) is 63.0 Å². The molecule has 0 spiro atoms. The number of likely N-dealkylation sites (tertiary alicyclic amines) is 1. The van der Waals surface area contributed by atoms with Crippen molar-refractivity contribution in [1.29, 1.82) is 0 Å². The minimum atomic E-state index is -1.07. The SMILES string of the molecule is CC(C)c1nn(-c2ccc(F)cc2)c2nc(C(=O)O)cc(N3CCC(C(C)N4CCCC4)CC3)c12. The maximum absolute atomic E-state index is 13.6. The van der Waals surface area contributed by atoms with Crippen molar-refractivity contribution in [3.05, 3.63) is 47.5 Å². The normalized spacial score (nSPS) is 18.6. The smallest absolute Gasteiger partial charge is 0.354 e. The minimum Gasteiger partial charge on any atom is -0.477 e. The van der Waals surface area contributed by atoms with Gasteiger partial charge in [0.1, 0.15) is 5.82 Å². The molecule has 7 nitrogen and oxygen atoms in total. The monoisotopic (exact) mass is 479 g/mol. The third kappa shape index (κ3) is 4.51. The van der Waals surface area contributed by atoms with Gasteiger partial charge in [-0.15, -0.1) is 0 Å². The summed E-state index contributed by atoms with van der Waals surface area (Å²) in [5.41, 5.74) is 2.91. The predicted molar refractivity (Wildman–Crippen MR) is 135 cm³/mol. The lowest BCUT2D eigenvalue weighted by atomic mass is 9.89. The Balaban J connectivity index is 1.54. The highest BCUT2D eigenvalue weighted by Crippen LogP contribution is 2.37. The molecule has 0 bridgehead atoms. The van der Waals surface area contributed by atoms with Gasteiger partial charge in [-0.05, 0) is 87.9 Å². The average molecular weight is 480 g/mol. The number of halogens is 1. The van der Waals surface area contributed by atoms with E-state index in [0.717, 1.165) is 42.7 Å². The Labute approximate surface area is 205 Å². The summed E-state index contributed by atoms with van der Waals surface area (Å²) in [4.78, 5) is 21.5. The molecule has 2 fully saturated rings. The fourth-order valence-corrected chi connectivity index (χ4v) is 5.72. The quantitative estimate of drug-likeness (QED) is 0.531. The van der Waals surface area contributed by atoms with Gasteiger partial charge < -0.3 is 14.9 Å². The van der Waals surface area contributed by atoms with Gasteiger partial charge in [-0.2, -0.15) is 5.10 Å². The van der Waals surface area contributed by atoms with Gasteiger partial charge in [0.05, 0.1) is 22.5 Å². The molecule has 2 aliphatic heterocycles. The van der Waals surface area contributed by atoms with Gasteiger partial charge in [0.15, 0.2) is 11.3 Å². The van der Waals surface area contributed by atoms with E-state index in [-0.39, 0.29) is 17.4 Å². The van der Waals surface area contributed by atoms with E-state index in [9.17, 15) is 14.3 Å². The fourth-order valence-electron chi connectivity index (χ4n) is 5.72. The van der Waals surface area contributed by atoms with E-state index in [2.05, 4.69) is 35.6 Å². The molecule has 2 saturated heterocycles. The number of piperidine rings is 1. The molecule has 1 N–H and O–H groups in total. The van der Waals surface area contributed by atoms with Gasteiger partial charge in [0.2, 0.25) is 0 Å². The van der Waals surface area contributed by atoms with Gasteiger partial charge >= 0.3 is 5.97 Å². The number of pyridine rings is 1. The van der Waals surface area contributed by atoms with Crippen LogP contribution in [0.5, 0.6) is 0 Å². The molecule has 0 saturated carbocycles. The Bertz CT molecular complexity index is 1210. The van der Waals surface area contributed by atoms with Crippen molar-refractivity contribution < 1.29 is 14.3 Å². The molecule has 0 aliphatic carbocycles. The second-order valence-electron chi connectivity index (χ2n) is 10.3. The highest BCUT2D eigenvalue weighted by molar-refractivity contribution is 5.98. The third-order valence-corrected chi connectivity index (χ3v) is 7.76. The molecule has 1 atom stereocenters. The Hall–Kier alpha value is -3.00.